The highest BCUT2D eigenvalue weighted by molar-refractivity contribution is 6.11. The maximum atomic E-state index is 14.4. The van der Waals surface area contributed by atoms with E-state index in [0.717, 1.165) is 22.9 Å². The average molecular weight is 648 g/mol. The van der Waals surface area contributed by atoms with E-state index in [2.05, 4.69) is 9.88 Å². The van der Waals surface area contributed by atoms with E-state index in [-0.39, 0.29) is 24.8 Å². The van der Waals surface area contributed by atoms with Gasteiger partial charge in [0.05, 0.1) is 50.9 Å². The van der Waals surface area contributed by atoms with Gasteiger partial charge in [0, 0.05) is 43.9 Å². The van der Waals surface area contributed by atoms with Crippen LogP contribution < -0.4 is 19.3 Å². The average Bonchev–Trinajstić information content (AvgIpc) is 3.05. The van der Waals surface area contributed by atoms with Gasteiger partial charge in [0.15, 0.2) is 0 Å². The number of aryl methyl sites for hydroxylation is 2. The number of nitrogens with zero attached hydrogens (tertiary/aromatic N) is 5. The maximum absolute atomic E-state index is 14.4. The first-order valence-corrected chi connectivity index (χ1v) is 15.3. The Bertz CT molecular complexity index is 1770. The summed E-state index contributed by atoms with van der Waals surface area (Å²) >= 11 is 0. The van der Waals surface area contributed by atoms with Crippen molar-refractivity contribution in [2.45, 2.75) is 39.5 Å². The Balaban J connectivity index is 1.42. The Labute approximate surface area is 271 Å². The van der Waals surface area contributed by atoms with E-state index in [4.69, 9.17) is 19.2 Å². The van der Waals surface area contributed by atoms with Crippen LogP contribution in [-0.4, -0.2) is 61.4 Å². The summed E-state index contributed by atoms with van der Waals surface area (Å²) in [4.78, 5) is 29.1. The largest absolute Gasteiger partial charge is 0.497 e. The van der Waals surface area contributed by atoms with Crippen LogP contribution in [0.3, 0.4) is 0 Å². The molecule has 9 nitrogen and oxygen atoms in total. The molecule has 47 heavy (non-hydrogen) atoms. The summed E-state index contributed by atoms with van der Waals surface area (Å²) in [5, 5.41) is 0. The van der Waals surface area contributed by atoms with Crippen molar-refractivity contribution in [3.8, 4) is 11.5 Å². The second kappa shape index (κ2) is 13.2. The normalized spacial score (nSPS) is 15.5. The first kappa shape index (κ1) is 32.3. The predicted molar refractivity (Wildman–Crippen MR) is 172 cm³/mol. The molecule has 2 aliphatic heterocycles. The number of alkyl halides is 3. The molecule has 4 aromatic rings. The van der Waals surface area contributed by atoms with Gasteiger partial charge in [0.2, 0.25) is 0 Å². The van der Waals surface area contributed by atoms with Gasteiger partial charge in [-0.05, 0) is 60.4 Å². The lowest BCUT2D eigenvalue weighted by Crippen LogP contribution is -2.46. The number of carbonyl (C=O) groups is 1. The highest BCUT2D eigenvalue weighted by Crippen LogP contribution is 2.42. The Morgan fingerprint density at radius 1 is 0.936 bits per heavy atom. The van der Waals surface area contributed by atoms with Crippen molar-refractivity contribution in [1.82, 2.24) is 14.9 Å². The fourth-order valence-corrected chi connectivity index (χ4v) is 6.19. The smallest absolute Gasteiger partial charge is 0.416 e. The third kappa shape index (κ3) is 6.75. The number of rotatable bonds is 8. The van der Waals surface area contributed by atoms with Crippen LogP contribution in [0.5, 0.6) is 11.5 Å². The van der Waals surface area contributed by atoms with Gasteiger partial charge >= 0.3 is 12.2 Å². The lowest BCUT2D eigenvalue weighted by molar-refractivity contribution is -0.137. The number of hydrogen-bond acceptors (Lipinski definition) is 7. The highest BCUT2D eigenvalue weighted by Gasteiger charge is 2.37. The topological polar surface area (TPSA) is 80.3 Å². The second-order valence-corrected chi connectivity index (χ2v) is 11.7. The zero-order valence-electron chi connectivity index (χ0n) is 26.7. The number of halogens is 3. The van der Waals surface area contributed by atoms with E-state index in [9.17, 15) is 18.0 Å². The molecule has 0 N–H and O–H groups in total. The standard InChI is InChI=1S/C35H36F3N5O4/c1-22-6-5-7-23(2)32(22)42-21-26-19-39-31(40-33(26)43(34(42)44)29-9-8-28(45-3)18-30(29)46-4)17-24-14-25(16-27(15-24)35(36,37)38)20-41-10-12-47-13-11-41/h5-9,14-16,18-19H,10-13,17,20-21H2,1-4H3. The Morgan fingerprint density at radius 3 is 2.34 bits per heavy atom. The van der Waals surface area contributed by atoms with Crippen LogP contribution in [-0.2, 0) is 30.4 Å². The lowest BCUT2D eigenvalue weighted by Gasteiger charge is -2.37. The van der Waals surface area contributed by atoms with E-state index in [1.807, 2.05) is 32.0 Å². The summed E-state index contributed by atoms with van der Waals surface area (Å²) < 4.78 is 58.5. The number of methoxy groups -OCH3 is 2. The van der Waals surface area contributed by atoms with Crippen LogP contribution in [0.4, 0.5) is 35.2 Å². The van der Waals surface area contributed by atoms with Crippen LogP contribution >= 0.6 is 0 Å². The molecule has 2 aliphatic rings. The van der Waals surface area contributed by atoms with Crippen molar-refractivity contribution in [2.75, 3.05) is 50.3 Å². The quantitative estimate of drug-likeness (QED) is 0.207. The van der Waals surface area contributed by atoms with Crippen LogP contribution in [0.2, 0.25) is 0 Å². The molecule has 246 valence electrons. The van der Waals surface area contributed by atoms with Gasteiger partial charge in [0.25, 0.3) is 0 Å². The van der Waals surface area contributed by atoms with Crippen LogP contribution in [0.1, 0.15) is 39.2 Å². The third-order valence-corrected chi connectivity index (χ3v) is 8.44. The predicted octanol–water partition coefficient (Wildman–Crippen LogP) is 6.83. The third-order valence-electron chi connectivity index (χ3n) is 8.44. The van der Waals surface area contributed by atoms with Crippen molar-refractivity contribution in [3.05, 3.63) is 100.0 Å². The molecule has 12 heteroatoms. The molecule has 6 rings (SSSR count). The fraction of sp³-hybridized carbons (Fsp3) is 0.343. The Hall–Kier alpha value is -4.68. The van der Waals surface area contributed by atoms with Crippen molar-refractivity contribution < 1.29 is 32.2 Å². The Kier molecular flexibility index (Phi) is 9.07. The van der Waals surface area contributed by atoms with E-state index >= 15 is 0 Å². The number of urea groups is 1. The first-order valence-electron chi connectivity index (χ1n) is 15.3. The molecule has 0 spiro atoms. The summed E-state index contributed by atoms with van der Waals surface area (Å²) in [6.07, 6.45) is -2.83. The summed E-state index contributed by atoms with van der Waals surface area (Å²) in [6, 6.07) is 14.7. The number of benzene rings is 3. The second-order valence-electron chi connectivity index (χ2n) is 11.7. The minimum atomic E-state index is -4.52. The summed E-state index contributed by atoms with van der Waals surface area (Å²) in [5.41, 5.74) is 4.01. The SMILES string of the molecule is COc1ccc(N2C(=O)N(c3c(C)cccc3C)Cc3cnc(Cc4cc(CN5CCOCC5)cc(C(F)(F)F)c4)nc32)c(OC)c1. The molecule has 3 aromatic carbocycles. The number of aromatic nitrogens is 2. The number of amides is 2. The molecule has 0 unspecified atom stereocenters. The molecule has 1 fully saturated rings. The van der Waals surface area contributed by atoms with Crippen LogP contribution in [0.15, 0.2) is 60.8 Å². The lowest BCUT2D eigenvalue weighted by atomic mass is 10.0. The molecule has 2 amide bonds. The molecule has 0 atom stereocenters. The van der Waals surface area contributed by atoms with Crippen molar-refractivity contribution in [1.29, 1.82) is 0 Å². The van der Waals surface area contributed by atoms with Crippen molar-refractivity contribution >= 4 is 23.2 Å². The summed E-state index contributed by atoms with van der Waals surface area (Å²) in [7, 11) is 3.04. The molecule has 0 radical (unpaired) electrons. The van der Waals surface area contributed by atoms with Crippen molar-refractivity contribution in [2.24, 2.45) is 0 Å². The van der Waals surface area contributed by atoms with Crippen LogP contribution in [0.25, 0.3) is 0 Å². The van der Waals surface area contributed by atoms with Gasteiger partial charge in [-0.3, -0.25) is 9.80 Å². The zero-order valence-corrected chi connectivity index (χ0v) is 26.7. The molecule has 3 heterocycles. The van der Waals surface area contributed by atoms with Gasteiger partial charge in [0.1, 0.15) is 23.1 Å². The van der Waals surface area contributed by atoms with Crippen molar-refractivity contribution in [3.63, 3.8) is 0 Å². The molecular formula is C35H36F3N5O4. The molecule has 0 aliphatic carbocycles. The minimum absolute atomic E-state index is 0.0374. The highest BCUT2D eigenvalue weighted by atomic mass is 19.4. The van der Waals surface area contributed by atoms with E-state index < -0.39 is 11.7 Å². The number of ether oxygens (including phenoxy) is 3. The number of fused-ring (bicyclic) bond motifs is 1. The first-order chi connectivity index (χ1) is 22.5. The number of hydrogen-bond donors (Lipinski definition) is 0. The molecule has 1 saturated heterocycles. The minimum Gasteiger partial charge on any atom is -0.497 e. The number of morpholine rings is 1. The molecule has 0 saturated carbocycles. The summed E-state index contributed by atoms with van der Waals surface area (Å²) in [5.74, 6) is 1.55. The van der Waals surface area contributed by atoms with Gasteiger partial charge in [-0.2, -0.15) is 13.2 Å². The summed E-state index contributed by atoms with van der Waals surface area (Å²) in [6.45, 7) is 6.88. The van der Waals surface area contributed by atoms with E-state index in [1.54, 1.807) is 35.4 Å². The molecule has 0 bridgehead atoms. The monoisotopic (exact) mass is 647 g/mol. The number of carbonyl (C=O) groups excluding carboxylic acids is 1. The Morgan fingerprint density at radius 2 is 1.66 bits per heavy atom. The zero-order chi connectivity index (χ0) is 33.3. The van der Waals surface area contributed by atoms with Crippen LogP contribution in [0, 0.1) is 13.8 Å². The molecule has 1 aromatic heterocycles. The van der Waals surface area contributed by atoms with Gasteiger partial charge in [-0.1, -0.05) is 24.3 Å². The maximum Gasteiger partial charge on any atom is 0.416 e. The van der Waals surface area contributed by atoms with E-state index in [1.165, 1.54) is 25.2 Å². The molecular weight excluding hydrogens is 611 g/mol. The number of para-hydroxylation sites is 1. The van der Waals surface area contributed by atoms with Gasteiger partial charge in [-0.15, -0.1) is 0 Å². The van der Waals surface area contributed by atoms with Gasteiger partial charge in [-0.25, -0.2) is 19.7 Å². The van der Waals surface area contributed by atoms with E-state index in [0.29, 0.717) is 72.5 Å². The number of anilines is 3. The van der Waals surface area contributed by atoms with Gasteiger partial charge < -0.3 is 14.2 Å². The fourth-order valence-electron chi connectivity index (χ4n) is 6.19.